The Morgan fingerprint density at radius 3 is 3.04 bits per heavy atom. The molecule has 148 valence electrons. The van der Waals surface area contributed by atoms with Crippen LogP contribution in [-0.2, 0) is 10.0 Å². The van der Waals surface area contributed by atoms with Gasteiger partial charge in [-0.1, -0.05) is 13.8 Å². The zero-order valence-electron chi connectivity index (χ0n) is 15.6. The third-order valence-corrected chi connectivity index (χ3v) is 6.44. The molecule has 0 radical (unpaired) electrons. The topological polar surface area (TPSA) is 120 Å². The normalized spacial score (nSPS) is 18.7. The molecule has 3 heterocycles. The van der Waals surface area contributed by atoms with E-state index in [1.807, 2.05) is 13.8 Å². The summed E-state index contributed by atoms with van der Waals surface area (Å²) >= 11 is 0. The van der Waals surface area contributed by atoms with E-state index in [0.717, 1.165) is 12.8 Å². The maximum atomic E-state index is 12.5. The molecular weight excluding hydrogens is 368 g/mol. The molecule has 2 aromatic rings. The molecule has 0 aliphatic carbocycles. The second-order valence-corrected chi connectivity index (χ2v) is 9.35. The van der Waals surface area contributed by atoms with Gasteiger partial charge in [0.2, 0.25) is 10.0 Å². The van der Waals surface area contributed by atoms with Crippen molar-refractivity contribution in [3.8, 4) is 0 Å². The van der Waals surface area contributed by atoms with E-state index in [4.69, 9.17) is 0 Å². The fourth-order valence-corrected chi connectivity index (χ4v) is 4.90. The van der Waals surface area contributed by atoms with E-state index in [0.29, 0.717) is 42.4 Å². The van der Waals surface area contributed by atoms with Crippen LogP contribution < -0.4 is 10.6 Å². The lowest BCUT2D eigenvalue weighted by atomic mass is 10.1. The van der Waals surface area contributed by atoms with Crippen molar-refractivity contribution in [3.63, 3.8) is 0 Å². The van der Waals surface area contributed by atoms with E-state index in [-0.39, 0.29) is 11.8 Å². The smallest absolute Gasteiger partial charge is 0.320 e. The third kappa shape index (κ3) is 5.16. The van der Waals surface area contributed by atoms with Gasteiger partial charge in [0.1, 0.15) is 5.52 Å². The lowest BCUT2D eigenvalue weighted by Crippen LogP contribution is -2.51. The van der Waals surface area contributed by atoms with Crippen LogP contribution in [0.5, 0.6) is 0 Å². The Hall–Kier alpha value is -2.20. The summed E-state index contributed by atoms with van der Waals surface area (Å²) in [5.74, 6) is 0.829. The molecule has 0 aromatic carbocycles. The van der Waals surface area contributed by atoms with Crippen molar-refractivity contribution >= 4 is 33.0 Å². The molecular formula is C17H26N6O3S. The number of piperidine rings is 1. The number of nitrogens with zero attached hydrogens (tertiary/aromatic N) is 3. The number of fused-ring (bicyclic) bond motifs is 1. The van der Waals surface area contributed by atoms with Gasteiger partial charge in [0.15, 0.2) is 11.5 Å². The minimum Gasteiger partial charge on any atom is -0.345 e. The molecule has 9 nitrogen and oxygen atoms in total. The van der Waals surface area contributed by atoms with E-state index in [1.54, 1.807) is 12.3 Å². The highest BCUT2D eigenvalue weighted by atomic mass is 32.2. The molecule has 0 bridgehead atoms. The first-order valence-electron chi connectivity index (χ1n) is 9.19. The fourth-order valence-electron chi connectivity index (χ4n) is 3.06. The van der Waals surface area contributed by atoms with Gasteiger partial charge in [-0.05, 0) is 31.2 Å². The molecule has 27 heavy (non-hydrogen) atoms. The van der Waals surface area contributed by atoms with Crippen molar-refractivity contribution in [2.75, 3.05) is 24.2 Å². The van der Waals surface area contributed by atoms with E-state index >= 15 is 0 Å². The Bertz CT molecular complexity index is 895. The van der Waals surface area contributed by atoms with Gasteiger partial charge < -0.3 is 10.3 Å². The number of rotatable bonds is 6. The molecule has 1 aliphatic heterocycles. The largest absolute Gasteiger partial charge is 0.345 e. The lowest BCUT2D eigenvalue weighted by molar-refractivity contribution is 0.236. The molecule has 1 fully saturated rings. The summed E-state index contributed by atoms with van der Waals surface area (Å²) < 4.78 is 26.5. The number of carbonyl (C=O) groups is 1. The SMILES string of the molecule is CC(C)CCS(=O)(=O)N1CCCC(NC(=O)Nc2cnc3[nH]ccc3n2)C1. The number of hydrogen-bond acceptors (Lipinski definition) is 5. The lowest BCUT2D eigenvalue weighted by Gasteiger charge is -2.32. The van der Waals surface area contributed by atoms with E-state index < -0.39 is 16.1 Å². The van der Waals surface area contributed by atoms with Crippen molar-refractivity contribution in [1.82, 2.24) is 24.6 Å². The van der Waals surface area contributed by atoms with E-state index in [9.17, 15) is 13.2 Å². The molecule has 1 atom stereocenters. The number of hydrogen-bond donors (Lipinski definition) is 3. The molecule has 2 amide bonds. The molecule has 3 rings (SSSR count). The Kier molecular flexibility index (Phi) is 5.95. The van der Waals surface area contributed by atoms with Crippen LogP contribution >= 0.6 is 0 Å². The number of urea groups is 1. The summed E-state index contributed by atoms with van der Waals surface area (Å²) in [6.45, 7) is 4.83. The van der Waals surface area contributed by atoms with Gasteiger partial charge >= 0.3 is 6.03 Å². The highest BCUT2D eigenvalue weighted by Crippen LogP contribution is 2.17. The third-order valence-electron chi connectivity index (χ3n) is 4.57. The van der Waals surface area contributed by atoms with Crippen LogP contribution in [0.15, 0.2) is 18.5 Å². The average molecular weight is 395 g/mol. The second-order valence-electron chi connectivity index (χ2n) is 7.26. The first kappa shape index (κ1) is 19.6. The number of H-pyrrole nitrogens is 1. The van der Waals surface area contributed by atoms with Gasteiger partial charge in [-0.3, -0.25) is 5.32 Å². The van der Waals surface area contributed by atoms with Crippen molar-refractivity contribution in [2.45, 2.75) is 39.2 Å². The van der Waals surface area contributed by atoms with E-state index in [1.165, 1.54) is 10.5 Å². The number of nitrogens with one attached hydrogen (secondary N) is 3. The van der Waals surface area contributed by atoms with Crippen molar-refractivity contribution < 1.29 is 13.2 Å². The van der Waals surface area contributed by atoms with Gasteiger partial charge in [-0.25, -0.2) is 23.2 Å². The van der Waals surface area contributed by atoms with Crippen LogP contribution in [0.3, 0.4) is 0 Å². The Morgan fingerprint density at radius 1 is 1.44 bits per heavy atom. The minimum atomic E-state index is -3.29. The molecule has 1 saturated heterocycles. The first-order chi connectivity index (χ1) is 12.8. The summed E-state index contributed by atoms with van der Waals surface area (Å²) in [6.07, 6.45) is 5.30. The second kappa shape index (κ2) is 8.22. The average Bonchev–Trinajstić information content (AvgIpc) is 3.08. The zero-order chi connectivity index (χ0) is 19.4. The summed E-state index contributed by atoms with van der Waals surface area (Å²) in [6, 6.07) is 1.13. The molecule has 10 heteroatoms. The molecule has 0 saturated carbocycles. The van der Waals surface area contributed by atoms with E-state index in [2.05, 4.69) is 25.6 Å². The first-order valence-corrected chi connectivity index (χ1v) is 10.8. The summed E-state index contributed by atoms with van der Waals surface area (Å²) in [5.41, 5.74) is 1.31. The molecule has 3 N–H and O–H groups in total. The van der Waals surface area contributed by atoms with Crippen molar-refractivity contribution in [3.05, 3.63) is 18.5 Å². The van der Waals surface area contributed by atoms with Crippen LogP contribution in [0.1, 0.15) is 33.1 Å². The summed E-state index contributed by atoms with van der Waals surface area (Å²) in [7, 11) is -3.29. The number of anilines is 1. The van der Waals surface area contributed by atoms with Gasteiger partial charge in [-0.15, -0.1) is 0 Å². The summed E-state index contributed by atoms with van der Waals surface area (Å²) in [5, 5.41) is 5.50. The predicted octanol–water partition coefficient (Wildman–Crippen LogP) is 1.92. The van der Waals surface area contributed by atoms with Gasteiger partial charge in [0.05, 0.1) is 11.9 Å². The van der Waals surface area contributed by atoms with Crippen LogP contribution in [-0.4, -0.2) is 58.6 Å². The van der Waals surface area contributed by atoms with Crippen LogP contribution in [0.25, 0.3) is 11.2 Å². The van der Waals surface area contributed by atoms with Crippen LogP contribution in [0.2, 0.25) is 0 Å². The number of amides is 2. The van der Waals surface area contributed by atoms with Gasteiger partial charge in [0.25, 0.3) is 0 Å². The van der Waals surface area contributed by atoms with Crippen LogP contribution in [0.4, 0.5) is 10.6 Å². The molecule has 1 aliphatic rings. The Balaban J connectivity index is 1.55. The number of aromatic amines is 1. The van der Waals surface area contributed by atoms with Gasteiger partial charge in [0, 0.05) is 25.3 Å². The Morgan fingerprint density at radius 2 is 2.26 bits per heavy atom. The highest BCUT2D eigenvalue weighted by molar-refractivity contribution is 7.89. The number of carbonyl (C=O) groups excluding carboxylic acids is 1. The number of sulfonamides is 1. The number of aromatic nitrogens is 3. The highest BCUT2D eigenvalue weighted by Gasteiger charge is 2.29. The molecule has 2 aromatic heterocycles. The van der Waals surface area contributed by atoms with Crippen molar-refractivity contribution in [2.24, 2.45) is 5.92 Å². The quantitative estimate of drug-likeness (QED) is 0.691. The molecule has 1 unspecified atom stereocenters. The zero-order valence-corrected chi connectivity index (χ0v) is 16.4. The minimum absolute atomic E-state index is 0.149. The Labute approximate surface area is 159 Å². The fraction of sp³-hybridized carbons (Fsp3) is 0.588. The maximum Gasteiger partial charge on any atom is 0.320 e. The monoisotopic (exact) mass is 394 g/mol. The summed E-state index contributed by atoms with van der Waals surface area (Å²) in [4.78, 5) is 23.7. The van der Waals surface area contributed by atoms with Crippen molar-refractivity contribution in [1.29, 1.82) is 0 Å². The maximum absolute atomic E-state index is 12.5. The molecule has 0 spiro atoms. The standard InChI is InChI=1S/C17H26N6O3S/c1-12(2)6-9-27(25,26)23-8-3-4-13(11-23)20-17(24)22-15-10-19-16-14(21-15)5-7-18-16/h5,7,10,12-13H,3-4,6,8-9,11H2,1-2H3,(H,18,19)(H2,20,21,22,24). The van der Waals surface area contributed by atoms with Crippen LogP contribution in [0, 0.1) is 5.92 Å². The predicted molar refractivity (Wildman–Crippen MR) is 104 cm³/mol. The van der Waals surface area contributed by atoms with Gasteiger partial charge in [-0.2, -0.15) is 4.31 Å².